The highest BCUT2D eigenvalue weighted by atomic mass is 16.2. The van der Waals surface area contributed by atoms with Crippen molar-refractivity contribution in [3.05, 3.63) is 5.69 Å². The van der Waals surface area contributed by atoms with E-state index in [1.54, 1.807) is 0 Å². The third-order valence-electron chi connectivity index (χ3n) is 5.08. The minimum Gasteiger partial charge on any atom is -0.340 e. The molecule has 102 valence electrons. The van der Waals surface area contributed by atoms with Crippen molar-refractivity contribution in [3.8, 4) is 0 Å². The first-order valence-electron chi connectivity index (χ1n) is 7.29. The van der Waals surface area contributed by atoms with Crippen molar-refractivity contribution in [3.63, 3.8) is 0 Å². The van der Waals surface area contributed by atoms with Gasteiger partial charge in [-0.2, -0.15) is 5.10 Å². The molecule has 4 rings (SSSR count). The molecule has 5 nitrogen and oxygen atoms in total. The molecule has 1 N–H and O–H groups in total. The zero-order valence-electron chi connectivity index (χ0n) is 11.5. The Balaban J connectivity index is 1.84. The Morgan fingerprint density at radius 3 is 2.95 bits per heavy atom. The molecular weight excluding hydrogens is 240 g/mol. The maximum atomic E-state index is 12.4. The van der Waals surface area contributed by atoms with Crippen LogP contribution in [0.3, 0.4) is 0 Å². The second kappa shape index (κ2) is 3.74. The molecule has 1 aromatic rings. The van der Waals surface area contributed by atoms with Gasteiger partial charge in [-0.15, -0.1) is 0 Å². The minimum absolute atomic E-state index is 0.0235. The van der Waals surface area contributed by atoms with Gasteiger partial charge in [-0.1, -0.05) is 12.8 Å². The Hall–Kier alpha value is -1.52. The van der Waals surface area contributed by atoms with Crippen LogP contribution in [-0.2, 0) is 11.8 Å². The molecule has 5 heteroatoms. The van der Waals surface area contributed by atoms with Gasteiger partial charge in [-0.05, 0) is 32.1 Å². The topological polar surface area (TPSA) is 50.2 Å². The van der Waals surface area contributed by atoms with Crippen LogP contribution in [0.1, 0.15) is 37.8 Å². The standard InChI is InChI=1S/C14H20N4O/c1-8-12-14(17(2)16-8)18-10-6-4-3-5-9(10)7-11(18)13(19)15-12/h9-11H,3-7H2,1-2H3,(H,15,19). The van der Waals surface area contributed by atoms with Crippen molar-refractivity contribution in [2.24, 2.45) is 13.0 Å². The van der Waals surface area contributed by atoms with Crippen molar-refractivity contribution < 1.29 is 4.79 Å². The molecule has 3 aliphatic rings. The highest BCUT2D eigenvalue weighted by Crippen LogP contribution is 2.47. The van der Waals surface area contributed by atoms with Gasteiger partial charge in [-0.3, -0.25) is 9.48 Å². The smallest absolute Gasteiger partial charge is 0.247 e. The predicted octanol–water partition coefficient (Wildman–Crippen LogP) is 1.82. The van der Waals surface area contributed by atoms with Crippen LogP contribution in [0.25, 0.3) is 0 Å². The summed E-state index contributed by atoms with van der Waals surface area (Å²) in [6.07, 6.45) is 6.12. The summed E-state index contributed by atoms with van der Waals surface area (Å²) in [4.78, 5) is 14.7. The van der Waals surface area contributed by atoms with E-state index in [1.165, 1.54) is 25.7 Å². The molecule has 0 bridgehead atoms. The predicted molar refractivity (Wildman–Crippen MR) is 73.2 cm³/mol. The number of carbonyl (C=O) groups is 1. The number of aryl methyl sites for hydroxylation is 2. The third kappa shape index (κ3) is 1.41. The van der Waals surface area contributed by atoms with Gasteiger partial charge >= 0.3 is 0 Å². The number of anilines is 2. The molecule has 2 aliphatic heterocycles. The Morgan fingerprint density at radius 2 is 2.11 bits per heavy atom. The maximum Gasteiger partial charge on any atom is 0.247 e. The fourth-order valence-electron chi connectivity index (χ4n) is 4.29. The molecule has 0 spiro atoms. The molecule has 1 aromatic heterocycles. The molecule has 19 heavy (non-hydrogen) atoms. The van der Waals surface area contributed by atoms with Crippen LogP contribution in [0, 0.1) is 12.8 Å². The highest BCUT2D eigenvalue weighted by molar-refractivity contribution is 6.04. The van der Waals surface area contributed by atoms with Gasteiger partial charge < -0.3 is 10.2 Å². The lowest BCUT2D eigenvalue weighted by atomic mass is 9.85. The van der Waals surface area contributed by atoms with E-state index in [0.717, 1.165) is 23.6 Å². The number of hydrogen-bond donors (Lipinski definition) is 1. The highest BCUT2D eigenvalue weighted by Gasteiger charge is 2.49. The van der Waals surface area contributed by atoms with Crippen LogP contribution in [0.4, 0.5) is 11.5 Å². The molecule has 2 fully saturated rings. The van der Waals surface area contributed by atoms with Gasteiger partial charge in [-0.25, -0.2) is 0 Å². The van der Waals surface area contributed by atoms with Crippen LogP contribution >= 0.6 is 0 Å². The summed E-state index contributed by atoms with van der Waals surface area (Å²) in [5.41, 5.74) is 1.85. The molecule has 0 aromatic carbocycles. The van der Waals surface area contributed by atoms with Crippen LogP contribution < -0.4 is 10.2 Å². The number of rotatable bonds is 0. The van der Waals surface area contributed by atoms with Crippen molar-refractivity contribution >= 4 is 17.4 Å². The fourth-order valence-corrected chi connectivity index (χ4v) is 4.29. The zero-order chi connectivity index (χ0) is 13.1. The van der Waals surface area contributed by atoms with Crippen molar-refractivity contribution in [1.82, 2.24) is 9.78 Å². The minimum atomic E-state index is 0.0235. The lowest BCUT2D eigenvalue weighted by Gasteiger charge is -2.37. The maximum absolute atomic E-state index is 12.4. The van der Waals surface area contributed by atoms with E-state index in [4.69, 9.17) is 0 Å². The number of nitrogens with zero attached hydrogens (tertiary/aromatic N) is 3. The van der Waals surface area contributed by atoms with Crippen molar-refractivity contribution in [1.29, 1.82) is 0 Å². The number of fused-ring (bicyclic) bond motifs is 5. The number of nitrogens with one attached hydrogen (secondary N) is 1. The monoisotopic (exact) mass is 260 g/mol. The van der Waals surface area contributed by atoms with E-state index in [9.17, 15) is 4.79 Å². The molecule has 3 heterocycles. The molecule has 3 unspecified atom stereocenters. The van der Waals surface area contributed by atoms with Crippen molar-refractivity contribution in [2.45, 2.75) is 51.1 Å². The molecule has 1 amide bonds. The van der Waals surface area contributed by atoms with Crippen LogP contribution in [0.15, 0.2) is 0 Å². The normalized spacial score (nSPS) is 32.6. The summed E-state index contributed by atoms with van der Waals surface area (Å²) in [7, 11) is 1.98. The average Bonchev–Trinajstić information content (AvgIpc) is 2.89. The zero-order valence-corrected chi connectivity index (χ0v) is 11.5. The van der Waals surface area contributed by atoms with E-state index < -0.39 is 0 Å². The van der Waals surface area contributed by atoms with E-state index in [1.807, 2.05) is 18.7 Å². The SMILES string of the molecule is Cc1nn(C)c2c1NC(=O)C1CC3CCCCC3N21. The van der Waals surface area contributed by atoms with E-state index in [2.05, 4.69) is 15.3 Å². The molecular formula is C14H20N4O. The Labute approximate surface area is 113 Å². The average molecular weight is 260 g/mol. The number of aromatic nitrogens is 2. The second-order valence-electron chi connectivity index (χ2n) is 6.17. The number of carbonyl (C=O) groups excluding carboxylic acids is 1. The summed E-state index contributed by atoms with van der Waals surface area (Å²) in [5.74, 6) is 1.97. The van der Waals surface area contributed by atoms with Gasteiger partial charge in [0, 0.05) is 13.1 Å². The van der Waals surface area contributed by atoms with E-state index >= 15 is 0 Å². The molecule has 3 atom stereocenters. The summed E-state index contributed by atoms with van der Waals surface area (Å²) < 4.78 is 1.94. The van der Waals surface area contributed by atoms with Crippen LogP contribution in [0.5, 0.6) is 0 Å². The Morgan fingerprint density at radius 1 is 1.32 bits per heavy atom. The summed E-state index contributed by atoms with van der Waals surface area (Å²) >= 11 is 0. The van der Waals surface area contributed by atoms with Crippen LogP contribution in [-0.4, -0.2) is 27.8 Å². The van der Waals surface area contributed by atoms with E-state index in [0.29, 0.717) is 12.0 Å². The van der Waals surface area contributed by atoms with Gasteiger partial charge in [0.15, 0.2) is 5.82 Å². The van der Waals surface area contributed by atoms with E-state index in [-0.39, 0.29) is 11.9 Å². The quantitative estimate of drug-likeness (QED) is 0.774. The number of amides is 1. The Kier molecular flexibility index (Phi) is 2.23. The van der Waals surface area contributed by atoms with Gasteiger partial charge in [0.05, 0.1) is 5.69 Å². The molecule has 1 saturated heterocycles. The summed E-state index contributed by atoms with van der Waals surface area (Å²) in [6, 6.07) is 0.564. The van der Waals surface area contributed by atoms with Crippen molar-refractivity contribution in [2.75, 3.05) is 10.2 Å². The summed E-state index contributed by atoms with van der Waals surface area (Å²) in [6.45, 7) is 1.97. The first kappa shape index (κ1) is 11.3. The third-order valence-corrected chi connectivity index (χ3v) is 5.08. The lowest BCUT2D eigenvalue weighted by Crippen LogP contribution is -2.48. The molecule has 1 saturated carbocycles. The largest absolute Gasteiger partial charge is 0.340 e. The molecule has 0 radical (unpaired) electrons. The first-order valence-corrected chi connectivity index (χ1v) is 7.29. The van der Waals surface area contributed by atoms with Gasteiger partial charge in [0.2, 0.25) is 5.91 Å². The van der Waals surface area contributed by atoms with Crippen LogP contribution in [0.2, 0.25) is 0 Å². The second-order valence-corrected chi connectivity index (χ2v) is 6.17. The fraction of sp³-hybridized carbons (Fsp3) is 0.714. The Bertz CT molecular complexity index is 550. The molecule has 1 aliphatic carbocycles. The summed E-state index contributed by atoms with van der Waals surface area (Å²) in [5, 5.41) is 7.55. The number of hydrogen-bond acceptors (Lipinski definition) is 3. The van der Waals surface area contributed by atoms with Gasteiger partial charge in [0.1, 0.15) is 11.7 Å². The first-order chi connectivity index (χ1) is 9.16. The van der Waals surface area contributed by atoms with Gasteiger partial charge in [0.25, 0.3) is 0 Å². The lowest BCUT2D eigenvalue weighted by molar-refractivity contribution is -0.117.